The number of benzene rings is 2. The second kappa shape index (κ2) is 8.54. The van der Waals surface area contributed by atoms with Crippen molar-refractivity contribution in [1.29, 1.82) is 0 Å². The maximum absolute atomic E-state index is 12.5. The average molecular weight is 396 g/mol. The van der Waals surface area contributed by atoms with Crippen molar-refractivity contribution in [3.05, 3.63) is 71.0 Å². The summed E-state index contributed by atoms with van der Waals surface area (Å²) in [6, 6.07) is 16.0. The Hall–Kier alpha value is -2.70. The zero-order valence-electron chi connectivity index (χ0n) is 15.4. The molecule has 1 aliphatic rings. The molecule has 0 unspecified atom stereocenters. The van der Waals surface area contributed by atoms with Crippen LogP contribution in [0.5, 0.6) is 0 Å². The Bertz CT molecular complexity index is 947. The van der Waals surface area contributed by atoms with E-state index < -0.39 is 0 Å². The van der Waals surface area contributed by atoms with E-state index in [9.17, 15) is 4.79 Å². The summed E-state index contributed by atoms with van der Waals surface area (Å²) in [5, 5.41) is 15.2. The lowest BCUT2D eigenvalue weighted by Crippen LogP contribution is -2.29. The van der Waals surface area contributed by atoms with Crippen LogP contribution in [0, 0.1) is 0 Å². The molecule has 2 aromatic carbocycles. The van der Waals surface area contributed by atoms with Crippen LogP contribution in [0.2, 0.25) is 5.02 Å². The minimum Gasteiger partial charge on any atom is -0.346 e. The van der Waals surface area contributed by atoms with Crippen molar-refractivity contribution in [2.24, 2.45) is 0 Å². The van der Waals surface area contributed by atoms with E-state index in [4.69, 9.17) is 11.6 Å². The fourth-order valence-corrected chi connectivity index (χ4v) is 3.61. The van der Waals surface area contributed by atoms with Crippen molar-refractivity contribution in [3.8, 4) is 11.1 Å². The predicted octanol–water partition coefficient (Wildman–Crippen LogP) is 3.45. The molecule has 1 saturated heterocycles. The number of carbonyl (C=O) groups excluding carboxylic acids is 1. The van der Waals surface area contributed by atoms with Gasteiger partial charge >= 0.3 is 0 Å². The van der Waals surface area contributed by atoms with E-state index in [1.807, 2.05) is 53.2 Å². The van der Waals surface area contributed by atoms with Crippen molar-refractivity contribution < 1.29 is 4.79 Å². The Kier molecular flexibility index (Phi) is 5.69. The van der Waals surface area contributed by atoms with E-state index in [1.54, 1.807) is 6.20 Å². The summed E-state index contributed by atoms with van der Waals surface area (Å²) < 4.78 is 1.82. The lowest BCUT2D eigenvalue weighted by Gasteiger charge is -2.22. The molecule has 1 aliphatic heterocycles. The first kappa shape index (κ1) is 18.7. The number of rotatable bonds is 5. The normalized spacial score (nSPS) is 14.8. The van der Waals surface area contributed by atoms with E-state index in [2.05, 4.69) is 20.9 Å². The van der Waals surface area contributed by atoms with Crippen LogP contribution < -0.4 is 10.6 Å². The molecule has 0 saturated carbocycles. The van der Waals surface area contributed by atoms with Gasteiger partial charge in [-0.05, 0) is 54.8 Å². The molecule has 0 atom stereocenters. The van der Waals surface area contributed by atoms with Crippen molar-refractivity contribution in [2.75, 3.05) is 13.1 Å². The molecule has 6 nitrogen and oxygen atoms in total. The second-order valence-corrected chi connectivity index (χ2v) is 7.35. The Labute approximate surface area is 168 Å². The van der Waals surface area contributed by atoms with Gasteiger partial charge in [-0.2, -0.15) is 0 Å². The quantitative estimate of drug-likeness (QED) is 0.694. The molecule has 2 heterocycles. The third-order valence-electron chi connectivity index (χ3n) is 5.04. The summed E-state index contributed by atoms with van der Waals surface area (Å²) in [5.74, 6) is -0.217. The van der Waals surface area contributed by atoms with Crippen molar-refractivity contribution in [2.45, 2.75) is 25.4 Å². The lowest BCUT2D eigenvalue weighted by atomic mass is 10.00. The Morgan fingerprint density at radius 2 is 1.89 bits per heavy atom. The van der Waals surface area contributed by atoms with Gasteiger partial charge in [0.2, 0.25) is 0 Å². The highest BCUT2D eigenvalue weighted by Gasteiger charge is 2.18. The van der Waals surface area contributed by atoms with Gasteiger partial charge in [0, 0.05) is 11.6 Å². The average Bonchev–Trinajstić information content (AvgIpc) is 3.24. The maximum atomic E-state index is 12.5. The van der Waals surface area contributed by atoms with Gasteiger partial charge in [-0.3, -0.25) is 4.79 Å². The molecule has 4 rings (SSSR count). The first-order valence-electron chi connectivity index (χ1n) is 9.45. The monoisotopic (exact) mass is 395 g/mol. The maximum Gasteiger partial charge on any atom is 0.273 e. The van der Waals surface area contributed by atoms with Gasteiger partial charge in [-0.25, -0.2) is 4.68 Å². The van der Waals surface area contributed by atoms with Gasteiger partial charge in [-0.1, -0.05) is 53.2 Å². The molecular formula is C21H22ClN5O. The summed E-state index contributed by atoms with van der Waals surface area (Å²) in [5.41, 5.74) is 3.51. The van der Waals surface area contributed by atoms with Gasteiger partial charge in [0.15, 0.2) is 5.69 Å². The minimum absolute atomic E-state index is 0.217. The molecule has 0 bridgehead atoms. The summed E-state index contributed by atoms with van der Waals surface area (Å²) in [6.45, 7) is 2.35. The molecule has 144 valence electrons. The van der Waals surface area contributed by atoms with Gasteiger partial charge in [0.05, 0.1) is 12.2 Å². The van der Waals surface area contributed by atoms with Crippen LogP contribution in [0.4, 0.5) is 0 Å². The zero-order valence-corrected chi connectivity index (χ0v) is 16.2. The van der Waals surface area contributed by atoms with Crippen LogP contribution in [0.1, 0.15) is 34.9 Å². The van der Waals surface area contributed by atoms with E-state index >= 15 is 0 Å². The first-order valence-corrected chi connectivity index (χ1v) is 9.83. The number of carbonyl (C=O) groups is 1. The molecule has 0 aliphatic carbocycles. The predicted molar refractivity (Wildman–Crippen MR) is 109 cm³/mol. The zero-order chi connectivity index (χ0) is 19.3. The molecule has 3 aromatic rings. The topological polar surface area (TPSA) is 71.8 Å². The number of nitrogens with one attached hydrogen (secondary N) is 2. The van der Waals surface area contributed by atoms with Crippen LogP contribution in [0.25, 0.3) is 11.1 Å². The molecule has 7 heteroatoms. The van der Waals surface area contributed by atoms with E-state index in [0.717, 1.165) is 42.6 Å². The molecule has 2 N–H and O–H groups in total. The van der Waals surface area contributed by atoms with E-state index in [0.29, 0.717) is 23.3 Å². The molecule has 0 spiro atoms. The van der Waals surface area contributed by atoms with E-state index in [1.165, 1.54) is 0 Å². The fraction of sp³-hybridized carbons (Fsp3) is 0.286. The van der Waals surface area contributed by atoms with Gasteiger partial charge in [0.1, 0.15) is 0 Å². The first-order chi connectivity index (χ1) is 13.7. The summed E-state index contributed by atoms with van der Waals surface area (Å²) in [6.07, 6.45) is 3.74. The molecule has 1 amide bonds. The molecule has 28 heavy (non-hydrogen) atoms. The lowest BCUT2D eigenvalue weighted by molar-refractivity contribution is 0.0946. The minimum atomic E-state index is -0.217. The summed E-state index contributed by atoms with van der Waals surface area (Å²) >= 11 is 5.99. The highest BCUT2D eigenvalue weighted by Crippen LogP contribution is 2.25. The number of piperidine rings is 1. The number of halogens is 1. The Morgan fingerprint density at radius 1 is 1.14 bits per heavy atom. The smallest absolute Gasteiger partial charge is 0.273 e. The highest BCUT2D eigenvalue weighted by molar-refractivity contribution is 6.30. The molecule has 1 fully saturated rings. The van der Waals surface area contributed by atoms with Gasteiger partial charge < -0.3 is 10.6 Å². The highest BCUT2D eigenvalue weighted by atomic mass is 35.5. The molecular weight excluding hydrogens is 374 g/mol. The summed E-state index contributed by atoms with van der Waals surface area (Å²) in [4.78, 5) is 12.5. The second-order valence-electron chi connectivity index (χ2n) is 6.91. The third-order valence-corrected chi connectivity index (χ3v) is 5.29. The number of aromatic nitrogens is 3. The number of hydrogen-bond acceptors (Lipinski definition) is 4. The van der Waals surface area contributed by atoms with Crippen LogP contribution in [0.15, 0.2) is 54.7 Å². The van der Waals surface area contributed by atoms with Crippen LogP contribution in [0.3, 0.4) is 0 Å². The van der Waals surface area contributed by atoms with Gasteiger partial charge in [-0.15, -0.1) is 5.10 Å². The van der Waals surface area contributed by atoms with Crippen LogP contribution in [-0.2, 0) is 6.54 Å². The van der Waals surface area contributed by atoms with Gasteiger partial charge in [0.25, 0.3) is 5.91 Å². The molecule has 1 aromatic heterocycles. The third kappa shape index (κ3) is 4.24. The van der Waals surface area contributed by atoms with Crippen molar-refractivity contribution in [3.63, 3.8) is 0 Å². The van der Waals surface area contributed by atoms with E-state index in [-0.39, 0.29) is 5.91 Å². The fourth-order valence-electron chi connectivity index (χ4n) is 3.48. The van der Waals surface area contributed by atoms with Crippen LogP contribution >= 0.6 is 11.6 Å². The molecule has 0 radical (unpaired) electrons. The largest absolute Gasteiger partial charge is 0.346 e. The number of nitrogens with zero attached hydrogens (tertiary/aromatic N) is 3. The Balaban J connectivity index is 1.44. The SMILES string of the molecule is O=C(NCc1ccccc1-c1ccc(Cl)cc1)c1cn(C2CCNCC2)nn1. The van der Waals surface area contributed by atoms with Crippen molar-refractivity contribution in [1.82, 2.24) is 25.6 Å². The Morgan fingerprint density at radius 3 is 2.68 bits per heavy atom. The summed E-state index contributed by atoms with van der Waals surface area (Å²) in [7, 11) is 0. The number of amides is 1. The standard InChI is InChI=1S/C21H22ClN5O/c22-17-7-5-15(6-8-17)19-4-2-1-3-16(19)13-24-21(28)20-14-27(26-25-20)18-9-11-23-12-10-18/h1-8,14,18,23H,9-13H2,(H,24,28). The van der Waals surface area contributed by atoms with Crippen molar-refractivity contribution >= 4 is 17.5 Å². The van der Waals surface area contributed by atoms with Crippen LogP contribution in [-0.4, -0.2) is 34.0 Å². The number of hydrogen-bond donors (Lipinski definition) is 2.